The first-order chi connectivity index (χ1) is 19.6. The van der Waals surface area contributed by atoms with Crippen LogP contribution in [0.15, 0.2) is 60.0 Å². The lowest BCUT2D eigenvalue weighted by Gasteiger charge is -2.37. The van der Waals surface area contributed by atoms with Gasteiger partial charge in [0.25, 0.3) is 0 Å². The standard InChI is InChI=1S/C31H36N8O2/c1-18(35-17-19(2)39-12-4-5-25(39)16-32)15-31(29-36-30(41)38-37-29)26-10-8-21(20(3)33)13-22(26)6-7-23-14-24(28(34)40)9-11-27(23)31/h8-11,13-14,18,25,35H,2-7,12,15,17,33H2,1H3,(H2,34,40)(H2,36,37,38,41)/t18-,25?,31?/m1/s1. The fourth-order valence-corrected chi connectivity index (χ4v) is 6.45. The largest absolute Gasteiger partial charge is 0.399 e. The highest BCUT2D eigenvalue weighted by Gasteiger charge is 2.45. The van der Waals surface area contributed by atoms with Crippen LogP contribution in [0.4, 0.5) is 0 Å². The number of nitrogens with zero attached hydrogens (tertiary/aromatic N) is 3. The lowest BCUT2D eigenvalue weighted by molar-refractivity contribution is 0.1000. The van der Waals surface area contributed by atoms with Crippen molar-refractivity contribution in [1.29, 1.82) is 5.26 Å². The number of aryl methyl sites for hydroxylation is 2. The number of amides is 1. The average molecular weight is 553 g/mol. The number of nitrogens with one attached hydrogen (secondary N) is 3. The van der Waals surface area contributed by atoms with Gasteiger partial charge in [-0.3, -0.25) is 9.78 Å². The van der Waals surface area contributed by atoms with Crippen molar-refractivity contribution in [2.24, 2.45) is 11.5 Å². The fraction of sp³-hybridized carbons (Fsp3) is 0.355. The first-order valence-corrected chi connectivity index (χ1v) is 13.9. The van der Waals surface area contributed by atoms with E-state index in [1.54, 1.807) is 6.07 Å². The predicted molar refractivity (Wildman–Crippen MR) is 158 cm³/mol. The van der Waals surface area contributed by atoms with Gasteiger partial charge >= 0.3 is 5.69 Å². The van der Waals surface area contributed by atoms with E-state index in [1.165, 1.54) is 0 Å². The van der Waals surface area contributed by atoms with Crippen LogP contribution in [0.2, 0.25) is 0 Å². The second-order valence-electron chi connectivity index (χ2n) is 11.1. The molecule has 1 aliphatic carbocycles. The van der Waals surface area contributed by atoms with Crippen molar-refractivity contribution in [2.75, 3.05) is 13.1 Å². The molecule has 0 radical (unpaired) electrons. The number of carbonyl (C=O) groups excluding carboxylic acids is 1. The van der Waals surface area contributed by atoms with Crippen molar-refractivity contribution < 1.29 is 4.79 Å². The van der Waals surface area contributed by atoms with Gasteiger partial charge in [-0.05, 0) is 85.0 Å². The SMILES string of the molecule is C=C(N)c1ccc2c(c1)CCc1cc(C(N)=O)ccc1C2(C[C@@H](C)NCC(=C)N1CCCC1C#N)c1n[nH]c(=O)[nH]1. The van der Waals surface area contributed by atoms with E-state index in [9.17, 15) is 14.9 Å². The number of benzene rings is 2. The number of H-pyrrole nitrogens is 2. The molecule has 0 spiro atoms. The van der Waals surface area contributed by atoms with Crippen molar-refractivity contribution in [3.8, 4) is 6.07 Å². The van der Waals surface area contributed by atoms with Crippen LogP contribution in [-0.2, 0) is 18.3 Å². The Morgan fingerprint density at radius 3 is 2.44 bits per heavy atom. The van der Waals surface area contributed by atoms with Gasteiger partial charge < -0.3 is 21.7 Å². The smallest absolute Gasteiger partial charge is 0.340 e. The van der Waals surface area contributed by atoms with Crippen LogP contribution in [-0.4, -0.2) is 51.2 Å². The van der Waals surface area contributed by atoms with E-state index in [4.69, 9.17) is 11.5 Å². The fourth-order valence-electron chi connectivity index (χ4n) is 6.45. The van der Waals surface area contributed by atoms with Gasteiger partial charge in [-0.2, -0.15) is 10.4 Å². The molecule has 7 N–H and O–H groups in total. The van der Waals surface area contributed by atoms with Crippen LogP contribution in [0, 0.1) is 11.3 Å². The third-order valence-electron chi connectivity index (χ3n) is 8.43. The Morgan fingerprint density at radius 1 is 1.20 bits per heavy atom. The average Bonchev–Trinajstić information content (AvgIpc) is 3.60. The third kappa shape index (κ3) is 5.16. The van der Waals surface area contributed by atoms with Gasteiger partial charge in [0.1, 0.15) is 11.9 Å². The number of hydrogen-bond acceptors (Lipinski definition) is 7. The van der Waals surface area contributed by atoms with Crippen molar-refractivity contribution in [3.05, 3.63) is 105 Å². The van der Waals surface area contributed by atoms with Crippen molar-refractivity contribution in [1.82, 2.24) is 25.4 Å². The summed E-state index contributed by atoms with van der Waals surface area (Å²) in [5.74, 6) is -0.0178. The summed E-state index contributed by atoms with van der Waals surface area (Å²) in [6, 6.07) is 13.7. The Morgan fingerprint density at radius 2 is 1.85 bits per heavy atom. The zero-order chi connectivity index (χ0) is 29.3. The number of hydrogen-bond donors (Lipinski definition) is 5. The van der Waals surface area contributed by atoms with E-state index in [0.29, 0.717) is 42.9 Å². The third-order valence-corrected chi connectivity index (χ3v) is 8.43. The Balaban J connectivity index is 1.61. The molecule has 1 aromatic heterocycles. The van der Waals surface area contributed by atoms with Gasteiger partial charge in [0.05, 0.1) is 11.5 Å². The second kappa shape index (κ2) is 11.1. The minimum absolute atomic E-state index is 0.0751. The number of carbonyl (C=O) groups is 1. The molecular formula is C31H36N8O2. The lowest BCUT2D eigenvalue weighted by atomic mass is 9.67. The molecule has 1 amide bonds. The maximum Gasteiger partial charge on any atom is 0.340 e. The Bertz CT molecular complexity index is 1540. The number of primary amides is 1. The zero-order valence-corrected chi connectivity index (χ0v) is 23.3. The second-order valence-corrected chi connectivity index (χ2v) is 11.1. The highest BCUT2D eigenvalue weighted by molar-refractivity contribution is 5.93. The van der Waals surface area contributed by atoms with Gasteiger partial charge in [-0.15, -0.1) is 0 Å². The summed E-state index contributed by atoms with van der Waals surface area (Å²) in [5.41, 5.74) is 17.0. The molecule has 3 aromatic rings. The monoisotopic (exact) mass is 552 g/mol. The quantitative estimate of drug-likeness (QED) is 0.271. The van der Waals surface area contributed by atoms with Gasteiger partial charge in [0.2, 0.25) is 5.91 Å². The van der Waals surface area contributed by atoms with Gasteiger partial charge in [0.15, 0.2) is 0 Å². The topological polar surface area (TPSA) is 170 Å². The predicted octanol–water partition coefficient (Wildman–Crippen LogP) is 2.43. The molecule has 41 heavy (non-hydrogen) atoms. The van der Waals surface area contributed by atoms with E-state index in [0.717, 1.165) is 52.9 Å². The van der Waals surface area contributed by atoms with Crippen LogP contribution in [0.3, 0.4) is 0 Å². The molecule has 0 bridgehead atoms. The molecule has 2 heterocycles. The van der Waals surface area contributed by atoms with Crippen LogP contribution in [0.1, 0.15) is 70.2 Å². The Labute approximate surface area is 239 Å². The summed E-state index contributed by atoms with van der Waals surface area (Å²) in [6.07, 6.45) is 3.69. The molecule has 5 rings (SSSR count). The van der Waals surface area contributed by atoms with Crippen molar-refractivity contribution >= 4 is 11.6 Å². The van der Waals surface area contributed by atoms with E-state index in [-0.39, 0.29) is 12.1 Å². The summed E-state index contributed by atoms with van der Waals surface area (Å²) in [5, 5.41) is 20.2. The zero-order valence-electron chi connectivity index (χ0n) is 23.3. The number of fused-ring (bicyclic) bond motifs is 2. The number of likely N-dealkylation sites (tertiary alicyclic amines) is 1. The van der Waals surface area contributed by atoms with Crippen LogP contribution in [0.5, 0.6) is 0 Å². The highest BCUT2D eigenvalue weighted by Crippen LogP contribution is 2.47. The van der Waals surface area contributed by atoms with Gasteiger partial charge in [-0.25, -0.2) is 9.89 Å². The molecule has 10 heteroatoms. The number of aromatic amines is 2. The summed E-state index contributed by atoms with van der Waals surface area (Å²) in [4.78, 5) is 29.6. The normalized spacial score (nSPS) is 20.4. The summed E-state index contributed by atoms with van der Waals surface area (Å²) < 4.78 is 0. The molecule has 3 atom stereocenters. The molecule has 2 aliphatic rings. The molecular weight excluding hydrogens is 516 g/mol. The van der Waals surface area contributed by atoms with Crippen molar-refractivity contribution in [3.63, 3.8) is 0 Å². The first kappa shape index (κ1) is 27.9. The number of nitriles is 1. The van der Waals surface area contributed by atoms with Gasteiger partial charge in [0, 0.05) is 36.1 Å². The molecule has 212 valence electrons. The molecule has 10 nitrogen and oxygen atoms in total. The van der Waals surface area contributed by atoms with Crippen LogP contribution < -0.4 is 22.5 Å². The Hall–Kier alpha value is -4.62. The van der Waals surface area contributed by atoms with Crippen LogP contribution in [0.25, 0.3) is 5.70 Å². The summed E-state index contributed by atoms with van der Waals surface area (Å²) >= 11 is 0. The Kier molecular flexibility index (Phi) is 7.56. The number of nitrogens with two attached hydrogens (primary N) is 2. The first-order valence-electron chi connectivity index (χ1n) is 13.9. The molecule has 1 saturated heterocycles. The molecule has 1 aliphatic heterocycles. The number of aromatic nitrogens is 3. The highest BCUT2D eigenvalue weighted by atomic mass is 16.1. The van der Waals surface area contributed by atoms with E-state index in [1.807, 2.05) is 30.3 Å². The summed E-state index contributed by atoms with van der Waals surface area (Å²) in [6.45, 7) is 11.6. The lowest BCUT2D eigenvalue weighted by Crippen LogP contribution is -2.42. The molecule has 0 saturated carbocycles. The maximum absolute atomic E-state index is 12.5. The van der Waals surface area contributed by atoms with E-state index in [2.05, 4.69) is 51.5 Å². The van der Waals surface area contributed by atoms with Gasteiger partial charge in [-0.1, -0.05) is 31.4 Å². The minimum Gasteiger partial charge on any atom is -0.399 e. The molecule has 2 aromatic carbocycles. The minimum atomic E-state index is -0.873. The molecule has 1 fully saturated rings. The number of rotatable bonds is 9. The van der Waals surface area contributed by atoms with E-state index < -0.39 is 17.0 Å². The van der Waals surface area contributed by atoms with Crippen molar-refractivity contribution in [2.45, 2.75) is 56.5 Å². The summed E-state index contributed by atoms with van der Waals surface area (Å²) in [7, 11) is 0. The van der Waals surface area contributed by atoms with E-state index >= 15 is 0 Å². The van der Waals surface area contributed by atoms with Crippen LogP contribution >= 0.6 is 0 Å². The maximum atomic E-state index is 12.5. The molecule has 2 unspecified atom stereocenters.